The molecule has 4 rings (SSSR count). The Bertz CT molecular complexity index is 1240. The minimum atomic E-state index is -1.16. The normalized spacial score (nSPS) is 15.1. The second-order valence-electron chi connectivity index (χ2n) is 7.43. The molecular formula is C20H22ClN7O5S2. The number of aromatic amines is 1. The molecular weight excluding hydrogens is 518 g/mol. The number of aromatic hydroxyl groups is 1. The van der Waals surface area contributed by atoms with Crippen LogP contribution < -0.4 is 0 Å². The lowest BCUT2D eigenvalue weighted by Crippen LogP contribution is -2.39. The number of aliphatic hydroxyl groups excluding tert-OH is 3. The molecule has 0 spiro atoms. The Kier molecular flexibility index (Phi) is 8.33. The summed E-state index contributed by atoms with van der Waals surface area (Å²) in [5, 5.41) is 50.2. The first kappa shape index (κ1) is 25.5. The third-order valence-corrected chi connectivity index (χ3v) is 6.87. The van der Waals surface area contributed by atoms with Crippen molar-refractivity contribution in [1.82, 2.24) is 34.9 Å². The average molecular weight is 540 g/mol. The van der Waals surface area contributed by atoms with Crippen LogP contribution in [0.2, 0.25) is 5.02 Å². The number of H-pyrrole nitrogens is 1. The van der Waals surface area contributed by atoms with Gasteiger partial charge in [-0.2, -0.15) is 0 Å². The van der Waals surface area contributed by atoms with Crippen LogP contribution in [0.5, 0.6) is 5.19 Å². The van der Waals surface area contributed by atoms with Crippen LogP contribution in [-0.2, 0) is 11.3 Å². The van der Waals surface area contributed by atoms with E-state index in [1.54, 1.807) is 30.0 Å². The monoisotopic (exact) mass is 539 g/mol. The topological polar surface area (TPSA) is 175 Å². The number of aromatic nitrogens is 7. The van der Waals surface area contributed by atoms with Crippen LogP contribution in [-0.4, -0.2) is 85.7 Å². The molecule has 186 valence electrons. The quantitative estimate of drug-likeness (QED) is 0.139. The van der Waals surface area contributed by atoms with Crippen molar-refractivity contribution in [2.75, 3.05) is 6.61 Å². The number of pyridine rings is 1. The van der Waals surface area contributed by atoms with Gasteiger partial charge in [0.05, 0.1) is 30.5 Å². The molecule has 0 saturated carbocycles. The van der Waals surface area contributed by atoms with Crippen molar-refractivity contribution in [3.63, 3.8) is 0 Å². The summed E-state index contributed by atoms with van der Waals surface area (Å²) in [4.78, 5) is 16.1. The molecule has 15 heteroatoms. The van der Waals surface area contributed by atoms with E-state index in [0.29, 0.717) is 32.8 Å². The second kappa shape index (κ2) is 11.4. The van der Waals surface area contributed by atoms with Crippen molar-refractivity contribution in [3.8, 4) is 28.1 Å². The lowest BCUT2D eigenvalue weighted by molar-refractivity contribution is -0.0972. The summed E-state index contributed by atoms with van der Waals surface area (Å²) in [6, 6.07) is 1.67. The molecule has 35 heavy (non-hydrogen) atoms. The van der Waals surface area contributed by atoms with Crippen molar-refractivity contribution < 1.29 is 25.2 Å². The molecule has 12 nitrogen and oxygen atoms in total. The van der Waals surface area contributed by atoms with E-state index in [4.69, 9.17) is 16.3 Å². The molecule has 0 aromatic carbocycles. The molecule has 0 bridgehead atoms. The van der Waals surface area contributed by atoms with Gasteiger partial charge >= 0.3 is 0 Å². The summed E-state index contributed by atoms with van der Waals surface area (Å²) in [6.45, 7) is 1.00. The lowest BCUT2D eigenvalue weighted by Gasteiger charge is -2.28. The van der Waals surface area contributed by atoms with Gasteiger partial charge in [-0.05, 0) is 13.0 Å². The number of halogens is 1. The van der Waals surface area contributed by atoms with Gasteiger partial charge in [0.15, 0.2) is 5.82 Å². The fourth-order valence-electron chi connectivity index (χ4n) is 3.05. The average Bonchev–Trinajstić information content (AvgIpc) is 3.58. The summed E-state index contributed by atoms with van der Waals surface area (Å²) in [7, 11) is 0. The Hall–Kier alpha value is -2.59. The van der Waals surface area contributed by atoms with Crippen molar-refractivity contribution in [3.05, 3.63) is 41.3 Å². The molecule has 0 radical (unpaired) electrons. The predicted octanol–water partition coefficient (Wildman–Crippen LogP) is 1.78. The minimum Gasteiger partial charge on any atom is -0.486 e. The number of ether oxygens (including phenoxy) is 1. The Morgan fingerprint density at radius 1 is 1.29 bits per heavy atom. The van der Waals surface area contributed by atoms with Crippen LogP contribution in [0, 0.1) is 0 Å². The van der Waals surface area contributed by atoms with Crippen LogP contribution >= 0.6 is 34.7 Å². The summed E-state index contributed by atoms with van der Waals surface area (Å²) in [6.07, 6.45) is 3.19. The number of hydrogen-bond donors (Lipinski definition) is 5. The Balaban J connectivity index is 1.59. The predicted molar refractivity (Wildman–Crippen MR) is 129 cm³/mol. The molecule has 0 saturated heterocycles. The van der Waals surface area contributed by atoms with Crippen LogP contribution in [0.25, 0.3) is 22.9 Å². The molecule has 0 amide bonds. The molecule has 0 aliphatic rings. The van der Waals surface area contributed by atoms with Gasteiger partial charge in [0, 0.05) is 28.9 Å². The highest BCUT2D eigenvalue weighted by molar-refractivity contribution is 8.00. The largest absolute Gasteiger partial charge is 0.486 e. The van der Waals surface area contributed by atoms with E-state index >= 15 is 0 Å². The van der Waals surface area contributed by atoms with Crippen LogP contribution in [0.15, 0.2) is 41.1 Å². The summed E-state index contributed by atoms with van der Waals surface area (Å²) in [5.41, 5.74) is 0.411. The standard InChI is InChI=1S/C20H22ClN7O5S2/c1-10(30)15(8-29)33-19(35-16-4-11(21)5-24-17(16)18-22-2-3-23-18)14(31)7-28-6-12(26-27-28)13-9-34-20(32)25-13/h2-6,9-10,14-15,19,29-31H,7-8H2,1H3,(H,22,23)(H,25,32)/t10-,14+,15?,19?/m1/s1. The molecule has 4 aromatic rings. The van der Waals surface area contributed by atoms with Gasteiger partial charge in [0.1, 0.15) is 34.7 Å². The van der Waals surface area contributed by atoms with Gasteiger partial charge < -0.3 is 30.1 Å². The van der Waals surface area contributed by atoms with E-state index in [1.165, 1.54) is 17.8 Å². The molecule has 2 unspecified atom stereocenters. The zero-order chi connectivity index (χ0) is 24.9. The highest BCUT2D eigenvalue weighted by Gasteiger charge is 2.29. The van der Waals surface area contributed by atoms with Gasteiger partial charge in [-0.1, -0.05) is 39.9 Å². The number of hydrogen-bond acceptors (Lipinski definition) is 12. The highest BCUT2D eigenvalue weighted by Crippen LogP contribution is 2.35. The molecule has 0 fully saturated rings. The number of thioether (sulfide) groups is 1. The van der Waals surface area contributed by atoms with Crippen molar-refractivity contribution in [2.24, 2.45) is 0 Å². The fraction of sp³-hybridized carbons (Fsp3) is 0.350. The van der Waals surface area contributed by atoms with E-state index in [9.17, 15) is 20.4 Å². The molecule has 0 aliphatic heterocycles. The van der Waals surface area contributed by atoms with Gasteiger partial charge in [0.2, 0.25) is 0 Å². The Morgan fingerprint density at radius 3 is 2.77 bits per heavy atom. The molecule has 4 atom stereocenters. The van der Waals surface area contributed by atoms with Gasteiger partial charge in [-0.15, -0.1) is 5.10 Å². The number of nitrogens with one attached hydrogen (secondary N) is 1. The Morgan fingerprint density at radius 2 is 2.11 bits per heavy atom. The van der Waals surface area contributed by atoms with Gasteiger partial charge in [0.25, 0.3) is 5.19 Å². The van der Waals surface area contributed by atoms with E-state index in [2.05, 4.69) is 30.2 Å². The number of imidazole rings is 1. The SMILES string of the molecule is C[C@@H](O)C(CO)OC(Sc1cc(Cl)cnc1-c1ncc[nH]1)[C@@H](O)Cn1cc(-c2csc(O)n2)nn1. The first-order chi connectivity index (χ1) is 16.8. The van der Waals surface area contributed by atoms with Crippen molar-refractivity contribution in [1.29, 1.82) is 0 Å². The van der Waals surface area contributed by atoms with Gasteiger partial charge in [-0.3, -0.25) is 4.98 Å². The zero-order valence-electron chi connectivity index (χ0n) is 18.3. The van der Waals surface area contributed by atoms with E-state index < -0.39 is 30.4 Å². The number of thiazole rings is 1. The highest BCUT2D eigenvalue weighted by atomic mass is 35.5. The first-order valence-corrected chi connectivity index (χ1v) is 12.5. The van der Waals surface area contributed by atoms with Gasteiger partial charge in [-0.25, -0.2) is 14.6 Å². The number of rotatable bonds is 11. The van der Waals surface area contributed by atoms with Crippen LogP contribution in [0.1, 0.15) is 6.92 Å². The smallest absolute Gasteiger partial charge is 0.271 e. The molecule has 4 heterocycles. The Labute approximate surface area is 212 Å². The summed E-state index contributed by atoms with van der Waals surface area (Å²) < 4.78 is 7.32. The third-order valence-electron chi connectivity index (χ3n) is 4.79. The molecule has 4 aromatic heterocycles. The zero-order valence-corrected chi connectivity index (χ0v) is 20.7. The maximum absolute atomic E-state index is 11.1. The van der Waals surface area contributed by atoms with E-state index in [1.807, 2.05) is 0 Å². The fourth-order valence-corrected chi connectivity index (χ4v) is 4.96. The maximum atomic E-state index is 11.1. The third kappa shape index (κ3) is 6.35. The van der Waals surface area contributed by atoms with Crippen molar-refractivity contribution >= 4 is 34.7 Å². The molecule has 5 N–H and O–H groups in total. The summed E-state index contributed by atoms with van der Waals surface area (Å²) >= 11 is 8.36. The van der Waals surface area contributed by atoms with Crippen LogP contribution in [0.4, 0.5) is 0 Å². The number of aliphatic hydroxyl groups is 3. The van der Waals surface area contributed by atoms with Crippen molar-refractivity contribution in [2.45, 2.75) is 42.1 Å². The maximum Gasteiger partial charge on any atom is 0.271 e. The van der Waals surface area contributed by atoms with E-state index in [-0.39, 0.29) is 11.7 Å². The second-order valence-corrected chi connectivity index (χ2v) is 9.84. The minimum absolute atomic E-state index is 0.0250. The number of nitrogens with zero attached hydrogens (tertiary/aromatic N) is 6. The summed E-state index contributed by atoms with van der Waals surface area (Å²) in [5.74, 6) is 0.499. The first-order valence-electron chi connectivity index (χ1n) is 10.3. The van der Waals surface area contributed by atoms with Crippen LogP contribution in [0.3, 0.4) is 0 Å². The lowest BCUT2D eigenvalue weighted by atomic mass is 10.2. The molecule has 0 aliphatic carbocycles. The van der Waals surface area contributed by atoms with E-state index in [0.717, 1.165) is 23.1 Å².